The van der Waals surface area contributed by atoms with Crippen LogP contribution in [-0.4, -0.2) is 47.7 Å². The lowest BCUT2D eigenvalue weighted by molar-refractivity contribution is 0.0945. The molecule has 2 aromatic carbocycles. The number of aromatic nitrogens is 2. The van der Waals surface area contributed by atoms with Crippen molar-refractivity contribution >= 4 is 16.8 Å². The van der Waals surface area contributed by atoms with Crippen LogP contribution in [0.2, 0.25) is 0 Å². The number of amides is 1. The molecule has 8 heteroatoms. The molecule has 190 valence electrons. The molecule has 1 N–H and O–H groups in total. The molecule has 1 aliphatic heterocycles. The van der Waals surface area contributed by atoms with Crippen LogP contribution < -0.4 is 20.3 Å². The van der Waals surface area contributed by atoms with Crippen molar-refractivity contribution in [3.63, 3.8) is 0 Å². The van der Waals surface area contributed by atoms with Gasteiger partial charge in [-0.15, -0.1) is 0 Å². The number of hydrogen-bond acceptors (Lipinski definition) is 6. The van der Waals surface area contributed by atoms with E-state index in [-0.39, 0.29) is 11.5 Å². The minimum atomic E-state index is -0.259. The average molecular weight is 499 g/mol. The van der Waals surface area contributed by atoms with Gasteiger partial charge in [0.1, 0.15) is 17.1 Å². The van der Waals surface area contributed by atoms with Crippen LogP contribution in [0.25, 0.3) is 10.9 Å². The summed E-state index contributed by atoms with van der Waals surface area (Å²) in [5, 5.41) is 4.12. The van der Waals surface area contributed by atoms with Gasteiger partial charge in [-0.05, 0) is 35.4 Å². The normalized spacial score (nSPS) is 13.6. The fourth-order valence-corrected chi connectivity index (χ4v) is 4.90. The van der Waals surface area contributed by atoms with Gasteiger partial charge in [0.2, 0.25) is 0 Å². The standard InChI is InChI=1S/C29H30N4O4/c1-36-22-9-7-20(8-10-22)18-31-29(35)28-25-12-14-32(15-16-33(25)27(34)17-26(28)37-2)19-21-11-13-30-24-6-4-3-5-23(21)24/h3-11,13,17H,12,14-16,18-19H2,1-2H3,(H,31,35). The second kappa shape index (κ2) is 10.8. The lowest BCUT2D eigenvalue weighted by atomic mass is 10.1. The number of methoxy groups -OCH3 is 2. The van der Waals surface area contributed by atoms with E-state index in [2.05, 4.69) is 21.3 Å². The van der Waals surface area contributed by atoms with E-state index in [0.29, 0.717) is 49.6 Å². The van der Waals surface area contributed by atoms with E-state index in [1.165, 1.54) is 18.7 Å². The Morgan fingerprint density at radius 1 is 1.00 bits per heavy atom. The number of pyridine rings is 2. The maximum Gasteiger partial charge on any atom is 0.257 e. The van der Waals surface area contributed by atoms with Crippen LogP contribution in [-0.2, 0) is 26.1 Å². The fourth-order valence-electron chi connectivity index (χ4n) is 4.90. The van der Waals surface area contributed by atoms with Crippen LogP contribution >= 0.6 is 0 Å². The number of para-hydroxylation sites is 1. The Hall–Kier alpha value is -4.17. The number of rotatable bonds is 7. The van der Waals surface area contributed by atoms with Crippen LogP contribution in [0.5, 0.6) is 11.5 Å². The van der Waals surface area contributed by atoms with Gasteiger partial charge in [0.25, 0.3) is 11.5 Å². The Bertz CT molecular complexity index is 1470. The predicted octanol–water partition coefficient (Wildman–Crippen LogP) is 3.40. The van der Waals surface area contributed by atoms with Crippen LogP contribution in [0.15, 0.2) is 71.7 Å². The molecule has 2 aromatic heterocycles. The number of carbonyl (C=O) groups is 1. The molecule has 1 aliphatic rings. The maximum atomic E-state index is 13.4. The summed E-state index contributed by atoms with van der Waals surface area (Å²) in [4.78, 5) is 33.1. The molecule has 0 aliphatic carbocycles. The third kappa shape index (κ3) is 5.20. The largest absolute Gasteiger partial charge is 0.497 e. The van der Waals surface area contributed by atoms with E-state index in [4.69, 9.17) is 9.47 Å². The van der Waals surface area contributed by atoms with Crippen molar-refractivity contribution in [2.45, 2.75) is 26.1 Å². The Balaban J connectivity index is 1.37. The zero-order valence-corrected chi connectivity index (χ0v) is 21.1. The Morgan fingerprint density at radius 2 is 1.81 bits per heavy atom. The zero-order chi connectivity index (χ0) is 25.8. The van der Waals surface area contributed by atoms with Gasteiger partial charge in [-0.3, -0.25) is 19.5 Å². The number of carbonyl (C=O) groups excluding carboxylic acids is 1. The summed E-state index contributed by atoms with van der Waals surface area (Å²) in [5.74, 6) is 0.802. The number of hydrogen-bond donors (Lipinski definition) is 1. The fraction of sp³-hybridized carbons (Fsp3) is 0.276. The van der Waals surface area contributed by atoms with Crippen LogP contribution in [0.1, 0.15) is 27.2 Å². The van der Waals surface area contributed by atoms with Crippen LogP contribution in [0.4, 0.5) is 0 Å². The lowest BCUT2D eigenvalue weighted by Crippen LogP contribution is -2.31. The van der Waals surface area contributed by atoms with Crippen molar-refractivity contribution in [3.8, 4) is 11.5 Å². The van der Waals surface area contributed by atoms with E-state index in [9.17, 15) is 9.59 Å². The first-order valence-corrected chi connectivity index (χ1v) is 12.3. The van der Waals surface area contributed by atoms with Gasteiger partial charge in [0.05, 0.1) is 19.7 Å². The molecule has 1 amide bonds. The number of fused-ring (bicyclic) bond motifs is 2. The molecule has 0 bridgehead atoms. The summed E-state index contributed by atoms with van der Waals surface area (Å²) in [7, 11) is 3.11. The van der Waals surface area contributed by atoms with Gasteiger partial charge < -0.3 is 19.4 Å². The van der Waals surface area contributed by atoms with Crippen LogP contribution in [0.3, 0.4) is 0 Å². The van der Waals surface area contributed by atoms with E-state index < -0.39 is 0 Å². The quantitative estimate of drug-likeness (QED) is 0.420. The van der Waals surface area contributed by atoms with Crippen molar-refractivity contribution in [1.82, 2.24) is 19.8 Å². The molecule has 0 spiro atoms. The van der Waals surface area contributed by atoms with E-state index in [1.807, 2.05) is 54.7 Å². The average Bonchev–Trinajstić information content (AvgIpc) is 3.15. The van der Waals surface area contributed by atoms with Crippen LogP contribution in [0, 0.1) is 0 Å². The molecule has 0 atom stereocenters. The monoisotopic (exact) mass is 498 g/mol. The molecule has 8 nitrogen and oxygen atoms in total. The molecule has 5 rings (SSSR count). The van der Waals surface area contributed by atoms with Crippen molar-refractivity contribution in [2.24, 2.45) is 0 Å². The molecule has 3 heterocycles. The van der Waals surface area contributed by atoms with Gasteiger partial charge >= 0.3 is 0 Å². The third-order valence-corrected chi connectivity index (χ3v) is 6.88. The third-order valence-electron chi connectivity index (χ3n) is 6.88. The summed E-state index contributed by atoms with van der Waals surface area (Å²) in [6.45, 7) is 3.00. The highest BCUT2D eigenvalue weighted by Crippen LogP contribution is 2.24. The minimum absolute atomic E-state index is 0.158. The second-order valence-electron chi connectivity index (χ2n) is 9.07. The number of benzene rings is 2. The lowest BCUT2D eigenvalue weighted by Gasteiger charge is -2.20. The van der Waals surface area contributed by atoms with Gasteiger partial charge in [0, 0.05) is 62.5 Å². The molecule has 4 aromatic rings. The molecule has 37 heavy (non-hydrogen) atoms. The first-order valence-electron chi connectivity index (χ1n) is 12.3. The molecule has 0 saturated carbocycles. The summed E-state index contributed by atoms with van der Waals surface area (Å²) in [5.41, 5.74) is 4.08. The van der Waals surface area contributed by atoms with Crippen molar-refractivity contribution in [3.05, 3.63) is 99.6 Å². The minimum Gasteiger partial charge on any atom is -0.497 e. The summed E-state index contributed by atoms with van der Waals surface area (Å²) in [6.07, 6.45) is 2.39. The molecular weight excluding hydrogens is 468 g/mol. The van der Waals surface area contributed by atoms with Crippen molar-refractivity contribution < 1.29 is 14.3 Å². The highest BCUT2D eigenvalue weighted by atomic mass is 16.5. The summed E-state index contributed by atoms with van der Waals surface area (Å²) < 4.78 is 12.4. The molecular formula is C29H30N4O4. The Morgan fingerprint density at radius 3 is 2.59 bits per heavy atom. The highest BCUT2D eigenvalue weighted by molar-refractivity contribution is 5.98. The maximum absolute atomic E-state index is 13.4. The zero-order valence-electron chi connectivity index (χ0n) is 21.1. The number of ether oxygens (including phenoxy) is 2. The molecule has 0 unspecified atom stereocenters. The highest BCUT2D eigenvalue weighted by Gasteiger charge is 2.25. The second-order valence-corrected chi connectivity index (χ2v) is 9.07. The SMILES string of the molecule is COc1ccc(CNC(=O)c2c(OC)cc(=O)n3c2CCN(Cc2ccnc4ccccc24)CC3)cc1. The van der Waals surface area contributed by atoms with E-state index in [0.717, 1.165) is 28.8 Å². The number of nitrogens with zero attached hydrogens (tertiary/aromatic N) is 3. The number of nitrogens with one attached hydrogen (secondary N) is 1. The Kier molecular flexibility index (Phi) is 7.18. The first-order chi connectivity index (χ1) is 18.1. The van der Waals surface area contributed by atoms with Gasteiger partial charge in [-0.25, -0.2) is 0 Å². The van der Waals surface area contributed by atoms with Crippen molar-refractivity contribution in [1.29, 1.82) is 0 Å². The van der Waals surface area contributed by atoms with E-state index in [1.54, 1.807) is 11.7 Å². The summed E-state index contributed by atoms with van der Waals surface area (Å²) in [6, 6.07) is 19.1. The molecule has 0 fully saturated rings. The molecule has 0 radical (unpaired) electrons. The van der Waals surface area contributed by atoms with E-state index >= 15 is 0 Å². The van der Waals surface area contributed by atoms with Gasteiger partial charge in [-0.1, -0.05) is 30.3 Å². The Labute approximate surface area is 215 Å². The first kappa shape index (κ1) is 24.5. The summed E-state index contributed by atoms with van der Waals surface area (Å²) >= 11 is 0. The predicted molar refractivity (Wildman–Crippen MR) is 142 cm³/mol. The molecule has 0 saturated heterocycles. The smallest absolute Gasteiger partial charge is 0.257 e. The van der Waals surface area contributed by atoms with Crippen molar-refractivity contribution in [2.75, 3.05) is 27.3 Å². The topological polar surface area (TPSA) is 85.7 Å². The van der Waals surface area contributed by atoms with Gasteiger partial charge in [0.15, 0.2) is 0 Å². The van der Waals surface area contributed by atoms with Gasteiger partial charge in [-0.2, -0.15) is 0 Å².